The Morgan fingerprint density at radius 3 is 2.65 bits per heavy atom. The number of hydrogen-bond donors (Lipinski definition) is 2. The van der Waals surface area contributed by atoms with Gasteiger partial charge in [0.25, 0.3) is 10.0 Å². The second-order valence-corrected chi connectivity index (χ2v) is 6.37. The maximum absolute atomic E-state index is 12.2. The van der Waals surface area contributed by atoms with Gasteiger partial charge in [0.1, 0.15) is 5.56 Å². The Kier molecular flexibility index (Phi) is 4.05. The minimum absolute atomic E-state index is 0.00821. The predicted octanol–water partition coefficient (Wildman–Crippen LogP) is 2.34. The highest BCUT2D eigenvalue weighted by molar-refractivity contribution is 9.10. The summed E-state index contributed by atoms with van der Waals surface area (Å²) in [5, 5.41) is 8.99. The summed E-state index contributed by atoms with van der Waals surface area (Å²) < 4.78 is 27.1. The number of benzene rings is 1. The fourth-order valence-corrected chi connectivity index (χ4v) is 3.11. The summed E-state index contributed by atoms with van der Waals surface area (Å²) in [7, 11) is -3.90. The fourth-order valence-electron chi connectivity index (χ4n) is 1.48. The SMILES string of the molecule is O=C(O)c1cccnc1NS(=O)(=O)c1cccc(Br)c1. The lowest BCUT2D eigenvalue weighted by Gasteiger charge is -2.09. The molecule has 0 saturated carbocycles. The van der Waals surface area contributed by atoms with E-state index >= 15 is 0 Å². The van der Waals surface area contributed by atoms with Crippen LogP contribution in [0.2, 0.25) is 0 Å². The van der Waals surface area contributed by atoms with E-state index in [0.29, 0.717) is 4.47 Å². The summed E-state index contributed by atoms with van der Waals surface area (Å²) in [4.78, 5) is 14.8. The number of aromatic carboxylic acids is 1. The average Bonchev–Trinajstić information content (AvgIpc) is 2.38. The summed E-state index contributed by atoms with van der Waals surface area (Å²) in [6, 6.07) is 8.74. The molecule has 0 atom stereocenters. The van der Waals surface area contributed by atoms with E-state index in [2.05, 4.69) is 25.6 Å². The van der Waals surface area contributed by atoms with Crippen LogP contribution < -0.4 is 4.72 Å². The number of carboxylic acids is 1. The summed E-state index contributed by atoms with van der Waals surface area (Å²) in [5.74, 6) is -1.48. The van der Waals surface area contributed by atoms with Crippen LogP contribution in [0.5, 0.6) is 0 Å². The predicted molar refractivity (Wildman–Crippen MR) is 76.1 cm³/mol. The molecule has 0 aliphatic heterocycles. The lowest BCUT2D eigenvalue weighted by Crippen LogP contribution is -2.16. The van der Waals surface area contributed by atoms with E-state index in [-0.39, 0.29) is 16.3 Å². The quantitative estimate of drug-likeness (QED) is 0.876. The van der Waals surface area contributed by atoms with Crippen molar-refractivity contribution in [1.82, 2.24) is 4.98 Å². The highest BCUT2D eigenvalue weighted by Crippen LogP contribution is 2.20. The van der Waals surface area contributed by atoms with Crippen LogP contribution in [-0.2, 0) is 10.0 Å². The number of anilines is 1. The van der Waals surface area contributed by atoms with Gasteiger partial charge in [0.2, 0.25) is 0 Å². The Bertz CT molecular complexity index is 762. The monoisotopic (exact) mass is 356 g/mol. The average molecular weight is 357 g/mol. The van der Waals surface area contributed by atoms with Crippen LogP contribution in [0.15, 0.2) is 52.0 Å². The van der Waals surface area contributed by atoms with Crippen LogP contribution in [0.3, 0.4) is 0 Å². The summed E-state index contributed by atoms with van der Waals surface area (Å²) >= 11 is 3.18. The van der Waals surface area contributed by atoms with Crippen molar-refractivity contribution >= 4 is 37.7 Å². The summed E-state index contributed by atoms with van der Waals surface area (Å²) in [5.41, 5.74) is -0.217. The largest absolute Gasteiger partial charge is 0.478 e. The lowest BCUT2D eigenvalue weighted by molar-refractivity contribution is 0.0697. The van der Waals surface area contributed by atoms with E-state index in [1.807, 2.05) is 0 Å². The molecular formula is C12H9BrN2O4S. The molecule has 20 heavy (non-hydrogen) atoms. The summed E-state index contributed by atoms with van der Waals surface area (Å²) in [6.45, 7) is 0. The van der Waals surface area contributed by atoms with Crippen LogP contribution in [-0.4, -0.2) is 24.5 Å². The van der Waals surface area contributed by atoms with Crippen LogP contribution in [0.4, 0.5) is 5.82 Å². The van der Waals surface area contributed by atoms with Gasteiger partial charge in [-0.2, -0.15) is 0 Å². The molecule has 1 heterocycles. The third-order valence-corrected chi connectivity index (χ3v) is 4.21. The summed E-state index contributed by atoms with van der Waals surface area (Å²) in [6.07, 6.45) is 1.31. The smallest absolute Gasteiger partial charge is 0.339 e. The van der Waals surface area contributed by atoms with Crippen molar-refractivity contribution in [3.8, 4) is 0 Å². The van der Waals surface area contributed by atoms with Crippen LogP contribution in [0, 0.1) is 0 Å². The molecule has 1 aromatic heterocycles. The van der Waals surface area contributed by atoms with E-state index < -0.39 is 16.0 Å². The number of carbonyl (C=O) groups is 1. The van der Waals surface area contributed by atoms with Gasteiger partial charge in [-0.15, -0.1) is 0 Å². The maximum atomic E-state index is 12.2. The molecule has 2 rings (SSSR count). The molecule has 0 spiro atoms. The van der Waals surface area contributed by atoms with Gasteiger partial charge in [-0.1, -0.05) is 22.0 Å². The van der Waals surface area contributed by atoms with Crippen molar-refractivity contribution < 1.29 is 18.3 Å². The molecule has 2 N–H and O–H groups in total. The Morgan fingerprint density at radius 2 is 2.00 bits per heavy atom. The number of aromatic nitrogens is 1. The van der Waals surface area contributed by atoms with Crippen molar-refractivity contribution in [2.45, 2.75) is 4.90 Å². The van der Waals surface area contributed by atoms with Gasteiger partial charge in [-0.3, -0.25) is 4.72 Å². The van der Waals surface area contributed by atoms with Gasteiger partial charge in [-0.25, -0.2) is 18.2 Å². The van der Waals surface area contributed by atoms with Crippen molar-refractivity contribution in [2.24, 2.45) is 0 Å². The van der Waals surface area contributed by atoms with E-state index in [9.17, 15) is 13.2 Å². The Morgan fingerprint density at radius 1 is 1.25 bits per heavy atom. The van der Waals surface area contributed by atoms with Crippen LogP contribution in [0.25, 0.3) is 0 Å². The highest BCUT2D eigenvalue weighted by atomic mass is 79.9. The lowest BCUT2D eigenvalue weighted by atomic mass is 10.3. The molecule has 0 aliphatic carbocycles. The molecule has 0 saturated heterocycles. The van der Waals surface area contributed by atoms with Gasteiger partial charge < -0.3 is 5.11 Å². The molecule has 0 radical (unpaired) electrons. The number of nitrogens with one attached hydrogen (secondary N) is 1. The topological polar surface area (TPSA) is 96.4 Å². The Balaban J connectivity index is 2.41. The molecule has 0 amide bonds. The van der Waals surface area contributed by atoms with Crippen molar-refractivity contribution in [2.75, 3.05) is 4.72 Å². The van der Waals surface area contributed by atoms with E-state index in [1.165, 1.54) is 30.5 Å². The molecule has 1 aromatic carbocycles. The molecule has 0 aliphatic rings. The standard InChI is InChI=1S/C12H9BrN2O4S/c13-8-3-1-4-9(7-8)20(18,19)15-11-10(12(16)17)5-2-6-14-11/h1-7H,(H,14,15)(H,16,17). The Labute approximate surface area is 123 Å². The number of carboxylic acid groups (broad SMARTS) is 1. The molecule has 6 nitrogen and oxygen atoms in total. The first-order valence-electron chi connectivity index (χ1n) is 5.37. The van der Waals surface area contributed by atoms with E-state index in [1.54, 1.807) is 12.1 Å². The molecule has 104 valence electrons. The molecular weight excluding hydrogens is 348 g/mol. The van der Waals surface area contributed by atoms with E-state index in [0.717, 1.165) is 0 Å². The number of nitrogens with zero attached hydrogens (tertiary/aromatic N) is 1. The molecule has 2 aromatic rings. The van der Waals surface area contributed by atoms with Gasteiger partial charge in [0, 0.05) is 10.7 Å². The molecule has 8 heteroatoms. The first kappa shape index (κ1) is 14.5. The number of sulfonamides is 1. The number of halogens is 1. The van der Waals surface area contributed by atoms with Gasteiger partial charge in [0.15, 0.2) is 5.82 Å². The first-order chi connectivity index (χ1) is 9.40. The second kappa shape index (κ2) is 5.59. The molecule has 0 fully saturated rings. The Hall–Kier alpha value is -1.93. The highest BCUT2D eigenvalue weighted by Gasteiger charge is 2.19. The van der Waals surface area contributed by atoms with Gasteiger partial charge in [0.05, 0.1) is 4.90 Å². The minimum atomic E-state index is -3.90. The minimum Gasteiger partial charge on any atom is -0.478 e. The van der Waals surface area contributed by atoms with Crippen LogP contribution >= 0.6 is 15.9 Å². The zero-order valence-electron chi connectivity index (χ0n) is 9.95. The zero-order chi connectivity index (χ0) is 14.8. The van der Waals surface area contributed by atoms with Gasteiger partial charge in [-0.05, 0) is 30.3 Å². The van der Waals surface area contributed by atoms with Crippen molar-refractivity contribution in [3.05, 3.63) is 52.6 Å². The zero-order valence-corrected chi connectivity index (χ0v) is 12.3. The van der Waals surface area contributed by atoms with Crippen LogP contribution in [0.1, 0.15) is 10.4 Å². The fraction of sp³-hybridized carbons (Fsp3) is 0. The number of pyridine rings is 1. The maximum Gasteiger partial charge on any atom is 0.339 e. The number of hydrogen-bond acceptors (Lipinski definition) is 4. The van der Waals surface area contributed by atoms with Crippen molar-refractivity contribution in [3.63, 3.8) is 0 Å². The normalized spacial score (nSPS) is 11.1. The third-order valence-electron chi connectivity index (χ3n) is 2.38. The third kappa shape index (κ3) is 3.14. The van der Waals surface area contributed by atoms with Gasteiger partial charge >= 0.3 is 5.97 Å². The van der Waals surface area contributed by atoms with E-state index in [4.69, 9.17) is 5.11 Å². The molecule has 0 bridgehead atoms. The second-order valence-electron chi connectivity index (χ2n) is 3.77. The first-order valence-corrected chi connectivity index (χ1v) is 7.64. The van der Waals surface area contributed by atoms with Crippen molar-refractivity contribution in [1.29, 1.82) is 0 Å². The number of rotatable bonds is 4. The molecule has 0 unspecified atom stereocenters.